The lowest BCUT2D eigenvalue weighted by Gasteiger charge is -2.12. The molecule has 7 heteroatoms. The highest BCUT2D eigenvalue weighted by molar-refractivity contribution is 9.08. The molecular weight excluding hydrogens is 298 g/mol. The van der Waals surface area contributed by atoms with E-state index in [4.69, 9.17) is 10.5 Å². The Hall–Kier alpha value is -1.24. The molecule has 0 aromatic carbocycles. The molecule has 0 spiro atoms. The number of nitrogens with zero attached hydrogens (tertiary/aromatic N) is 1. The predicted octanol–water partition coefficient (Wildman–Crippen LogP) is 2.67. The van der Waals surface area contributed by atoms with Crippen molar-refractivity contribution >= 4 is 27.7 Å². The van der Waals surface area contributed by atoms with Gasteiger partial charge in [0.25, 0.3) is 6.43 Å². The summed E-state index contributed by atoms with van der Waals surface area (Å²) in [7, 11) is 0. The van der Waals surface area contributed by atoms with Crippen molar-refractivity contribution < 1.29 is 18.3 Å². The lowest BCUT2D eigenvalue weighted by molar-refractivity contribution is 0.0512. The van der Waals surface area contributed by atoms with E-state index in [0.29, 0.717) is 5.56 Å². The number of nitrogens with two attached hydrogens (primary N) is 1. The van der Waals surface area contributed by atoms with Gasteiger partial charge in [-0.2, -0.15) is 0 Å². The summed E-state index contributed by atoms with van der Waals surface area (Å²) in [5.74, 6) is -0.868. The van der Waals surface area contributed by atoms with Gasteiger partial charge >= 0.3 is 5.97 Å². The Kier molecular flexibility index (Phi) is 4.80. The number of ether oxygens (including phenoxy) is 1. The monoisotopic (exact) mass is 308 g/mol. The molecule has 0 bridgehead atoms. The standard InChI is InChI=1S/C10H11BrF2N2O2/c1-2-17-10(16)7-5(4-11)3-6(14)15-8(7)9(12)13/h3,9H,2,4H2,1H3,(H2,14,15). The minimum Gasteiger partial charge on any atom is -0.462 e. The van der Waals surface area contributed by atoms with Gasteiger partial charge in [-0.15, -0.1) is 0 Å². The fraction of sp³-hybridized carbons (Fsp3) is 0.400. The zero-order chi connectivity index (χ0) is 13.0. The number of rotatable bonds is 4. The molecule has 0 radical (unpaired) electrons. The molecule has 0 fully saturated rings. The van der Waals surface area contributed by atoms with Crippen LogP contribution in [0, 0.1) is 0 Å². The van der Waals surface area contributed by atoms with E-state index in [-0.39, 0.29) is 23.3 Å². The van der Waals surface area contributed by atoms with Crippen molar-refractivity contribution in [2.45, 2.75) is 18.7 Å². The van der Waals surface area contributed by atoms with Crippen molar-refractivity contribution in [1.82, 2.24) is 4.98 Å². The maximum Gasteiger partial charge on any atom is 0.340 e. The van der Waals surface area contributed by atoms with Crippen LogP contribution in [0.15, 0.2) is 6.07 Å². The van der Waals surface area contributed by atoms with Gasteiger partial charge in [-0.25, -0.2) is 18.6 Å². The second-order valence-electron chi connectivity index (χ2n) is 3.12. The molecule has 0 atom stereocenters. The first-order valence-electron chi connectivity index (χ1n) is 4.81. The van der Waals surface area contributed by atoms with E-state index < -0.39 is 18.1 Å². The minimum absolute atomic E-state index is 0.0530. The van der Waals surface area contributed by atoms with Crippen LogP contribution in [0.2, 0.25) is 0 Å². The molecule has 94 valence electrons. The Morgan fingerprint density at radius 2 is 2.29 bits per heavy atom. The number of esters is 1. The average Bonchev–Trinajstić information content (AvgIpc) is 2.27. The van der Waals surface area contributed by atoms with E-state index in [1.165, 1.54) is 6.07 Å². The molecule has 1 aromatic heterocycles. The summed E-state index contributed by atoms with van der Waals surface area (Å²) in [5, 5.41) is 0.216. The summed E-state index contributed by atoms with van der Waals surface area (Å²) in [6, 6.07) is 1.37. The lowest BCUT2D eigenvalue weighted by Crippen LogP contribution is -2.14. The van der Waals surface area contributed by atoms with E-state index in [0.717, 1.165) is 0 Å². The highest BCUT2D eigenvalue weighted by Crippen LogP contribution is 2.27. The van der Waals surface area contributed by atoms with Crippen LogP contribution < -0.4 is 5.73 Å². The van der Waals surface area contributed by atoms with Crippen molar-refractivity contribution in [1.29, 1.82) is 0 Å². The molecule has 17 heavy (non-hydrogen) atoms. The number of carbonyl (C=O) groups excluding carboxylic acids is 1. The molecular formula is C10H11BrF2N2O2. The van der Waals surface area contributed by atoms with Crippen molar-refractivity contribution in [2.24, 2.45) is 0 Å². The Morgan fingerprint density at radius 3 is 2.76 bits per heavy atom. The molecule has 0 unspecified atom stereocenters. The molecule has 0 aliphatic heterocycles. The highest BCUT2D eigenvalue weighted by Gasteiger charge is 2.25. The predicted molar refractivity (Wildman–Crippen MR) is 62.2 cm³/mol. The Bertz CT molecular complexity index is 427. The van der Waals surface area contributed by atoms with Crippen molar-refractivity contribution in [2.75, 3.05) is 12.3 Å². The number of pyridine rings is 1. The van der Waals surface area contributed by atoms with Gasteiger partial charge in [-0.05, 0) is 18.6 Å². The van der Waals surface area contributed by atoms with Gasteiger partial charge in [0.2, 0.25) is 0 Å². The number of aromatic nitrogens is 1. The SMILES string of the molecule is CCOC(=O)c1c(CBr)cc(N)nc1C(F)F. The zero-order valence-electron chi connectivity index (χ0n) is 9.04. The quantitative estimate of drug-likeness (QED) is 0.686. The maximum absolute atomic E-state index is 12.8. The molecule has 0 amide bonds. The van der Waals surface area contributed by atoms with Crippen LogP contribution >= 0.6 is 15.9 Å². The van der Waals surface area contributed by atoms with E-state index in [9.17, 15) is 13.6 Å². The highest BCUT2D eigenvalue weighted by atomic mass is 79.9. The molecule has 1 heterocycles. The summed E-state index contributed by atoms with van der Waals surface area (Å²) in [6.07, 6.45) is -2.88. The van der Waals surface area contributed by atoms with Crippen LogP contribution in [-0.2, 0) is 10.1 Å². The van der Waals surface area contributed by atoms with Crippen molar-refractivity contribution in [3.8, 4) is 0 Å². The van der Waals surface area contributed by atoms with Gasteiger partial charge in [-0.3, -0.25) is 0 Å². The van der Waals surface area contributed by atoms with E-state index in [1.807, 2.05) is 0 Å². The van der Waals surface area contributed by atoms with Gasteiger partial charge < -0.3 is 10.5 Å². The first kappa shape index (κ1) is 13.8. The number of hydrogen-bond donors (Lipinski definition) is 1. The average molecular weight is 309 g/mol. The largest absolute Gasteiger partial charge is 0.462 e. The Labute approximate surface area is 105 Å². The smallest absolute Gasteiger partial charge is 0.340 e. The van der Waals surface area contributed by atoms with Gasteiger partial charge in [-0.1, -0.05) is 15.9 Å². The molecule has 1 rings (SSSR count). The molecule has 0 saturated carbocycles. The Morgan fingerprint density at radius 1 is 1.65 bits per heavy atom. The summed E-state index contributed by atoms with van der Waals surface area (Å²) in [4.78, 5) is 15.1. The lowest BCUT2D eigenvalue weighted by atomic mass is 10.1. The fourth-order valence-corrected chi connectivity index (χ4v) is 1.79. The van der Waals surface area contributed by atoms with E-state index >= 15 is 0 Å². The molecule has 1 aromatic rings. The number of halogens is 3. The number of carbonyl (C=O) groups is 1. The molecule has 4 nitrogen and oxygen atoms in total. The third-order valence-electron chi connectivity index (χ3n) is 1.98. The van der Waals surface area contributed by atoms with Crippen LogP contribution in [0.4, 0.5) is 14.6 Å². The van der Waals surface area contributed by atoms with Crippen LogP contribution in [0.5, 0.6) is 0 Å². The maximum atomic E-state index is 12.8. The third-order valence-corrected chi connectivity index (χ3v) is 2.58. The van der Waals surface area contributed by atoms with E-state index in [1.54, 1.807) is 6.92 Å². The number of hydrogen-bond acceptors (Lipinski definition) is 4. The first-order valence-corrected chi connectivity index (χ1v) is 5.93. The first-order chi connectivity index (χ1) is 8.01. The molecule has 0 aliphatic rings. The van der Waals surface area contributed by atoms with Crippen LogP contribution in [0.3, 0.4) is 0 Å². The number of nitrogen functional groups attached to an aromatic ring is 1. The number of alkyl halides is 3. The zero-order valence-corrected chi connectivity index (χ0v) is 10.6. The Balaban J connectivity index is 3.36. The van der Waals surface area contributed by atoms with Crippen LogP contribution in [-0.4, -0.2) is 17.6 Å². The number of anilines is 1. The van der Waals surface area contributed by atoms with Gasteiger partial charge in [0.15, 0.2) is 0 Å². The van der Waals surface area contributed by atoms with Crippen LogP contribution in [0.1, 0.15) is 35.0 Å². The summed E-state index contributed by atoms with van der Waals surface area (Å²) in [5.41, 5.74) is 4.88. The van der Waals surface area contributed by atoms with Crippen molar-refractivity contribution in [3.05, 3.63) is 22.9 Å². The second kappa shape index (κ2) is 5.90. The normalized spacial score (nSPS) is 10.6. The van der Waals surface area contributed by atoms with Gasteiger partial charge in [0.1, 0.15) is 11.5 Å². The molecule has 2 N–H and O–H groups in total. The molecule has 0 saturated heterocycles. The van der Waals surface area contributed by atoms with Crippen molar-refractivity contribution in [3.63, 3.8) is 0 Å². The van der Waals surface area contributed by atoms with Gasteiger partial charge in [0.05, 0.1) is 12.2 Å². The van der Waals surface area contributed by atoms with E-state index in [2.05, 4.69) is 20.9 Å². The fourth-order valence-electron chi connectivity index (χ4n) is 1.34. The third kappa shape index (κ3) is 3.12. The summed E-state index contributed by atoms with van der Waals surface area (Å²) >= 11 is 3.11. The summed E-state index contributed by atoms with van der Waals surface area (Å²) in [6.45, 7) is 1.70. The summed E-state index contributed by atoms with van der Waals surface area (Å²) < 4.78 is 30.3. The topological polar surface area (TPSA) is 65.2 Å². The molecule has 0 aliphatic carbocycles. The van der Waals surface area contributed by atoms with Gasteiger partial charge in [0, 0.05) is 5.33 Å². The van der Waals surface area contributed by atoms with Crippen LogP contribution in [0.25, 0.3) is 0 Å². The minimum atomic E-state index is -2.88. The second-order valence-corrected chi connectivity index (χ2v) is 3.68.